The molecule has 0 spiro atoms. The van der Waals surface area contributed by atoms with E-state index in [1.165, 1.54) is 11.0 Å². The standard InChI is InChI=1S/C13H15F3N2O3/c1-12(20)4-5-18(7-12)11(19)8-2-3-10(9(17)6-8)21-13(14,15)16/h2-3,6,20H,4-5,7,17H2,1H3. The lowest BCUT2D eigenvalue weighted by Crippen LogP contribution is -2.33. The van der Waals surface area contributed by atoms with Crippen molar-refractivity contribution in [3.63, 3.8) is 0 Å². The number of hydrogen-bond acceptors (Lipinski definition) is 4. The molecule has 0 radical (unpaired) electrons. The molecule has 1 aliphatic heterocycles. The van der Waals surface area contributed by atoms with Gasteiger partial charge in [-0.2, -0.15) is 0 Å². The van der Waals surface area contributed by atoms with Crippen LogP contribution in [0.3, 0.4) is 0 Å². The quantitative estimate of drug-likeness (QED) is 0.816. The lowest BCUT2D eigenvalue weighted by atomic mass is 10.1. The number of β-amino-alcohol motifs (C(OH)–C–C–N with tert-alkyl or cyclic N) is 1. The number of carbonyl (C=O) groups is 1. The molecular formula is C13H15F3N2O3. The molecule has 1 amide bonds. The van der Waals surface area contributed by atoms with Crippen LogP contribution in [0, 0.1) is 0 Å². The largest absolute Gasteiger partial charge is 0.573 e. The Morgan fingerprint density at radius 2 is 2.14 bits per heavy atom. The molecule has 8 heteroatoms. The van der Waals surface area contributed by atoms with Crippen molar-refractivity contribution in [3.8, 4) is 5.75 Å². The van der Waals surface area contributed by atoms with Gasteiger partial charge in [0.1, 0.15) is 0 Å². The zero-order valence-corrected chi connectivity index (χ0v) is 11.3. The van der Waals surface area contributed by atoms with E-state index in [4.69, 9.17) is 5.73 Å². The fourth-order valence-corrected chi connectivity index (χ4v) is 2.20. The number of amides is 1. The number of ether oxygens (including phenoxy) is 1. The molecule has 1 aromatic carbocycles. The molecule has 1 heterocycles. The van der Waals surface area contributed by atoms with Gasteiger partial charge in [0, 0.05) is 18.7 Å². The van der Waals surface area contributed by atoms with Crippen LogP contribution in [0.2, 0.25) is 0 Å². The first kappa shape index (κ1) is 15.4. The van der Waals surface area contributed by atoms with Gasteiger partial charge in [0.05, 0.1) is 11.3 Å². The number of rotatable bonds is 2. The van der Waals surface area contributed by atoms with Crippen LogP contribution in [-0.4, -0.2) is 41.0 Å². The number of likely N-dealkylation sites (tertiary alicyclic amines) is 1. The highest BCUT2D eigenvalue weighted by atomic mass is 19.4. The summed E-state index contributed by atoms with van der Waals surface area (Å²) in [4.78, 5) is 13.6. The number of carbonyl (C=O) groups excluding carboxylic acids is 1. The smallest absolute Gasteiger partial charge is 0.404 e. The average molecular weight is 304 g/mol. The van der Waals surface area contributed by atoms with Gasteiger partial charge >= 0.3 is 6.36 Å². The maximum atomic E-state index is 12.2. The summed E-state index contributed by atoms with van der Waals surface area (Å²) in [5.74, 6) is -0.939. The third-order valence-corrected chi connectivity index (χ3v) is 3.22. The number of hydrogen-bond donors (Lipinski definition) is 2. The minimum absolute atomic E-state index is 0.153. The van der Waals surface area contributed by atoms with Crippen molar-refractivity contribution in [2.45, 2.75) is 25.3 Å². The Bertz CT molecular complexity index is 558. The predicted molar refractivity (Wildman–Crippen MR) is 68.7 cm³/mol. The van der Waals surface area contributed by atoms with E-state index in [0.29, 0.717) is 13.0 Å². The van der Waals surface area contributed by atoms with Crippen LogP contribution in [-0.2, 0) is 0 Å². The van der Waals surface area contributed by atoms with Gasteiger partial charge in [0.25, 0.3) is 5.91 Å². The Morgan fingerprint density at radius 3 is 2.62 bits per heavy atom. The average Bonchev–Trinajstić information content (AvgIpc) is 2.70. The maximum absolute atomic E-state index is 12.2. The summed E-state index contributed by atoms with van der Waals surface area (Å²) >= 11 is 0. The molecule has 1 fully saturated rings. The SMILES string of the molecule is CC1(O)CCN(C(=O)c2ccc(OC(F)(F)F)c(N)c2)C1. The number of nitrogens with zero attached hydrogens (tertiary/aromatic N) is 1. The van der Waals surface area contributed by atoms with Crippen LogP contribution in [0.4, 0.5) is 18.9 Å². The van der Waals surface area contributed by atoms with E-state index in [1.807, 2.05) is 0 Å². The Kier molecular flexibility index (Phi) is 3.75. The first-order valence-corrected chi connectivity index (χ1v) is 6.24. The van der Waals surface area contributed by atoms with Crippen molar-refractivity contribution in [3.05, 3.63) is 23.8 Å². The minimum Gasteiger partial charge on any atom is -0.404 e. The molecule has 1 unspecified atom stereocenters. The van der Waals surface area contributed by atoms with Crippen LogP contribution in [0.5, 0.6) is 5.75 Å². The zero-order valence-electron chi connectivity index (χ0n) is 11.3. The van der Waals surface area contributed by atoms with Crippen molar-refractivity contribution >= 4 is 11.6 Å². The van der Waals surface area contributed by atoms with Crippen LogP contribution in [0.1, 0.15) is 23.7 Å². The summed E-state index contributed by atoms with van der Waals surface area (Å²) in [5, 5.41) is 9.82. The minimum atomic E-state index is -4.84. The topological polar surface area (TPSA) is 75.8 Å². The van der Waals surface area contributed by atoms with Gasteiger partial charge in [0.2, 0.25) is 0 Å². The number of halogens is 3. The van der Waals surface area contributed by atoms with E-state index >= 15 is 0 Å². The molecule has 21 heavy (non-hydrogen) atoms. The summed E-state index contributed by atoms with van der Waals surface area (Å²) in [7, 11) is 0. The first-order chi connectivity index (χ1) is 9.57. The number of aliphatic hydroxyl groups is 1. The van der Waals surface area contributed by atoms with Gasteiger partial charge in [-0.25, -0.2) is 0 Å². The van der Waals surface area contributed by atoms with Gasteiger partial charge in [-0.15, -0.1) is 13.2 Å². The van der Waals surface area contributed by atoms with Crippen LogP contribution in [0.15, 0.2) is 18.2 Å². The number of anilines is 1. The molecular weight excluding hydrogens is 289 g/mol. The third kappa shape index (κ3) is 3.78. The molecule has 116 valence electrons. The second-order valence-corrected chi connectivity index (χ2v) is 5.27. The van der Waals surface area contributed by atoms with E-state index in [0.717, 1.165) is 12.1 Å². The second kappa shape index (κ2) is 5.10. The van der Waals surface area contributed by atoms with Gasteiger partial charge in [-0.3, -0.25) is 4.79 Å². The molecule has 0 aliphatic carbocycles. The molecule has 1 aliphatic rings. The molecule has 1 atom stereocenters. The molecule has 1 aromatic rings. The van der Waals surface area contributed by atoms with Gasteiger partial charge < -0.3 is 20.5 Å². The van der Waals surface area contributed by atoms with Gasteiger partial charge in [0.15, 0.2) is 5.75 Å². The normalized spacial score (nSPS) is 22.4. The van der Waals surface area contributed by atoms with Crippen molar-refractivity contribution < 1.29 is 27.8 Å². The van der Waals surface area contributed by atoms with E-state index < -0.39 is 23.6 Å². The predicted octanol–water partition coefficient (Wildman–Crippen LogP) is 1.76. The summed E-state index contributed by atoms with van der Waals surface area (Å²) in [5.41, 5.74) is 4.41. The van der Waals surface area contributed by atoms with Crippen molar-refractivity contribution in [1.29, 1.82) is 0 Å². The monoisotopic (exact) mass is 304 g/mol. The molecule has 1 saturated heterocycles. The van der Waals surface area contributed by atoms with E-state index in [2.05, 4.69) is 4.74 Å². The van der Waals surface area contributed by atoms with Crippen molar-refractivity contribution in [2.75, 3.05) is 18.8 Å². The fourth-order valence-electron chi connectivity index (χ4n) is 2.20. The molecule has 5 nitrogen and oxygen atoms in total. The lowest BCUT2D eigenvalue weighted by molar-refractivity contribution is -0.274. The summed E-state index contributed by atoms with van der Waals surface area (Å²) < 4.78 is 40.1. The molecule has 0 aromatic heterocycles. The van der Waals surface area contributed by atoms with Gasteiger partial charge in [-0.05, 0) is 31.5 Å². The maximum Gasteiger partial charge on any atom is 0.573 e. The number of nitrogen functional groups attached to an aromatic ring is 1. The highest BCUT2D eigenvalue weighted by molar-refractivity contribution is 5.95. The number of nitrogens with two attached hydrogens (primary N) is 1. The molecule has 3 N–H and O–H groups in total. The first-order valence-electron chi connectivity index (χ1n) is 6.24. The second-order valence-electron chi connectivity index (χ2n) is 5.27. The van der Waals surface area contributed by atoms with Gasteiger partial charge in [-0.1, -0.05) is 0 Å². The Morgan fingerprint density at radius 1 is 1.48 bits per heavy atom. The van der Waals surface area contributed by atoms with Crippen molar-refractivity contribution in [2.24, 2.45) is 0 Å². The molecule has 0 saturated carbocycles. The summed E-state index contributed by atoms with van der Waals surface area (Å²) in [6.07, 6.45) is -4.39. The number of benzene rings is 1. The third-order valence-electron chi connectivity index (χ3n) is 3.22. The number of alkyl halides is 3. The van der Waals surface area contributed by atoms with E-state index in [1.54, 1.807) is 6.92 Å². The zero-order chi connectivity index (χ0) is 15.8. The highest BCUT2D eigenvalue weighted by Gasteiger charge is 2.35. The Hall–Kier alpha value is -1.96. The van der Waals surface area contributed by atoms with E-state index in [9.17, 15) is 23.1 Å². The van der Waals surface area contributed by atoms with Crippen molar-refractivity contribution in [1.82, 2.24) is 4.90 Å². The Balaban J connectivity index is 2.15. The van der Waals surface area contributed by atoms with Crippen LogP contribution < -0.4 is 10.5 Å². The highest BCUT2D eigenvalue weighted by Crippen LogP contribution is 2.30. The van der Waals surface area contributed by atoms with E-state index in [-0.39, 0.29) is 17.8 Å². The Labute approximate surface area is 119 Å². The summed E-state index contributed by atoms with van der Waals surface area (Å²) in [6.45, 7) is 2.17. The summed E-state index contributed by atoms with van der Waals surface area (Å²) in [6, 6.07) is 3.35. The fraction of sp³-hybridized carbons (Fsp3) is 0.462. The van der Waals surface area contributed by atoms with Crippen LogP contribution in [0.25, 0.3) is 0 Å². The van der Waals surface area contributed by atoms with Crippen LogP contribution >= 0.6 is 0 Å². The molecule has 2 rings (SSSR count). The lowest BCUT2D eigenvalue weighted by Gasteiger charge is -2.19. The molecule has 0 bridgehead atoms.